The molecule has 1 aliphatic carbocycles. The molecule has 8 aromatic carbocycles. The highest BCUT2D eigenvalue weighted by atomic mass is 32.2. The maximum absolute atomic E-state index is 2.44. The van der Waals surface area contributed by atoms with Gasteiger partial charge >= 0.3 is 0 Å². The molecule has 1 aliphatic heterocycles. The van der Waals surface area contributed by atoms with Crippen molar-refractivity contribution in [3.63, 3.8) is 0 Å². The average molecular weight is 601 g/mol. The van der Waals surface area contributed by atoms with Gasteiger partial charge in [0.25, 0.3) is 0 Å². The van der Waals surface area contributed by atoms with E-state index in [2.05, 4.69) is 170 Å². The number of rotatable bonds is 3. The molecule has 0 fully saturated rings. The van der Waals surface area contributed by atoms with E-state index in [0.717, 1.165) is 0 Å². The maximum Gasteiger partial charge on any atom is 0.0719 e. The molecule has 0 N–H and O–H groups in total. The zero-order valence-corrected chi connectivity index (χ0v) is 25.9. The molecule has 2 aliphatic rings. The molecule has 1 heterocycles. The van der Waals surface area contributed by atoms with Crippen LogP contribution in [0.3, 0.4) is 0 Å². The van der Waals surface area contributed by atoms with Crippen molar-refractivity contribution < 1.29 is 0 Å². The third kappa shape index (κ3) is 3.47. The van der Waals surface area contributed by atoms with Gasteiger partial charge < -0.3 is 0 Å². The third-order valence-corrected chi connectivity index (χ3v) is 11.3. The molecule has 0 nitrogen and oxygen atoms in total. The first-order chi connectivity index (χ1) is 22.8. The van der Waals surface area contributed by atoms with Crippen LogP contribution in [-0.4, -0.2) is 0 Å². The molecule has 8 aromatic rings. The van der Waals surface area contributed by atoms with E-state index in [9.17, 15) is 0 Å². The summed E-state index contributed by atoms with van der Waals surface area (Å²) in [5.74, 6) is 0. The number of hydrogen-bond donors (Lipinski definition) is 0. The SMILES string of the molecule is c1ccc(C2(c3cccc4ccccc34)c3ccccc3-c3c(-c4ccc5c(c4)-c4cccc6cccc(c46)S5)cccc32)cc1. The first-order valence-corrected chi connectivity index (χ1v) is 16.8. The van der Waals surface area contributed by atoms with Gasteiger partial charge in [0, 0.05) is 15.2 Å². The molecule has 214 valence electrons. The van der Waals surface area contributed by atoms with Gasteiger partial charge in [-0.1, -0.05) is 163 Å². The first kappa shape index (κ1) is 25.9. The van der Waals surface area contributed by atoms with Crippen LogP contribution in [0.15, 0.2) is 180 Å². The van der Waals surface area contributed by atoms with Gasteiger partial charge in [-0.2, -0.15) is 0 Å². The lowest BCUT2D eigenvalue weighted by Crippen LogP contribution is -2.28. The molecule has 0 aromatic heterocycles. The van der Waals surface area contributed by atoms with Gasteiger partial charge in [-0.15, -0.1) is 0 Å². The molecular formula is C45H28S. The van der Waals surface area contributed by atoms with Crippen LogP contribution in [0.4, 0.5) is 0 Å². The Bertz CT molecular complexity index is 2500. The van der Waals surface area contributed by atoms with Crippen LogP contribution in [0, 0.1) is 0 Å². The summed E-state index contributed by atoms with van der Waals surface area (Å²) in [5.41, 5.74) is 12.7. The lowest BCUT2D eigenvalue weighted by Gasteiger charge is -2.35. The molecule has 1 heteroatoms. The van der Waals surface area contributed by atoms with Gasteiger partial charge in [0.2, 0.25) is 0 Å². The number of hydrogen-bond acceptors (Lipinski definition) is 1. The summed E-state index contributed by atoms with van der Waals surface area (Å²) in [7, 11) is 0. The summed E-state index contributed by atoms with van der Waals surface area (Å²) in [5, 5.41) is 5.22. The van der Waals surface area contributed by atoms with Crippen molar-refractivity contribution in [2.75, 3.05) is 0 Å². The Morgan fingerprint density at radius 2 is 1.04 bits per heavy atom. The van der Waals surface area contributed by atoms with Crippen LogP contribution < -0.4 is 0 Å². The first-order valence-electron chi connectivity index (χ1n) is 15.9. The average Bonchev–Trinajstić information content (AvgIpc) is 3.43. The van der Waals surface area contributed by atoms with Gasteiger partial charge in [-0.05, 0) is 90.0 Å². The minimum absolute atomic E-state index is 0.460. The van der Waals surface area contributed by atoms with E-state index in [4.69, 9.17) is 0 Å². The molecule has 0 amide bonds. The van der Waals surface area contributed by atoms with Crippen molar-refractivity contribution in [2.24, 2.45) is 0 Å². The second-order valence-electron chi connectivity index (χ2n) is 12.4. The van der Waals surface area contributed by atoms with E-state index in [1.807, 2.05) is 11.8 Å². The van der Waals surface area contributed by atoms with E-state index in [0.29, 0.717) is 0 Å². The molecule has 46 heavy (non-hydrogen) atoms. The van der Waals surface area contributed by atoms with Crippen molar-refractivity contribution in [1.82, 2.24) is 0 Å². The molecule has 1 atom stereocenters. The van der Waals surface area contributed by atoms with E-state index in [1.165, 1.54) is 87.0 Å². The summed E-state index contributed by atoms with van der Waals surface area (Å²) in [6.07, 6.45) is 0. The highest BCUT2D eigenvalue weighted by molar-refractivity contribution is 7.99. The lowest BCUT2D eigenvalue weighted by molar-refractivity contribution is 0.776. The standard InChI is InChI=1S/C45H28S/c1-2-16-32(17-3-1)45(38-23-9-13-29-12-4-5-18-33(29)38)39-22-7-6-19-36(39)44-34(20-11-24-40(44)45)31-26-27-41-37(28-31)35-21-8-14-30-15-10-25-42(46-41)43(30)35/h1-28H. The van der Waals surface area contributed by atoms with Gasteiger partial charge in [-0.3, -0.25) is 0 Å². The maximum atomic E-state index is 2.44. The Morgan fingerprint density at radius 3 is 1.98 bits per heavy atom. The summed E-state index contributed by atoms with van der Waals surface area (Å²) >= 11 is 1.89. The zero-order chi connectivity index (χ0) is 30.2. The smallest absolute Gasteiger partial charge is 0.0719 e. The Labute approximate surface area is 273 Å². The summed E-state index contributed by atoms with van der Waals surface area (Å²) in [4.78, 5) is 2.66. The Kier molecular flexibility index (Phi) is 5.53. The minimum atomic E-state index is -0.460. The molecule has 0 bridgehead atoms. The monoisotopic (exact) mass is 600 g/mol. The van der Waals surface area contributed by atoms with Crippen molar-refractivity contribution in [3.8, 4) is 33.4 Å². The lowest BCUT2D eigenvalue weighted by atomic mass is 9.66. The van der Waals surface area contributed by atoms with Gasteiger partial charge in [0.05, 0.1) is 5.41 Å². The van der Waals surface area contributed by atoms with Gasteiger partial charge in [0.15, 0.2) is 0 Å². The molecule has 0 radical (unpaired) electrons. The Hall–Kier alpha value is -5.37. The van der Waals surface area contributed by atoms with Crippen molar-refractivity contribution in [2.45, 2.75) is 15.2 Å². The van der Waals surface area contributed by atoms with Crippen LogP contribution in [0.5, 0.6) is 0 Å². The zero-order valence-electron chi connectivity index (χ0n) is 25.1. The van der Waals surface area contributed by atoms with Crippen molar-refractivity contribution in [1.29, 1.82) is 0 Å². The third-order valence-electron chi connectivity index (χ3n) is 10.1. The predicted octanol–water partition coefficient (Wildman–Crippen LogP) is 12.2. The molecular weight excluding hydrogens is 573 g/mol. The predicted molar refractivity (Wildman–Crippen MR) is 194 cm³/mol. The Morgan fingerprint density at radius 1 is 0.391 bits per heavy atom. The number of benzene rings is 8. The highest BCUT2D eigenvalue weighted by Gasteiger charge is 2.47. The topological polar surface area (TPSA) is 0 Å². The van der Waals surface area contributed by atoms with Crippen LogP contribution in [0.1, 0.15) is 22.3 Å². The highest BCUT2D eigenvalue weighted by Crippen LogP contribution is 2.59. The molecule has 10 rings (SSSR count). The summed E-state index contributed by atoms with van der Waals surface area (Å²) < 4.78 is 0. The normalized spacial score (nSPS) is 15.8. The molecule has 0 spiro atoms. The van der Waals surface area contributed by atoms with Crippen molar-refractivity contribution >= 4 is 33.3 Å². The summed E-state index contributed by atoms with van der Waals surface area (Å²) in [6, 6.07) is 63.3. The van der Waals surface area contributed by atoms with Gasteiger partial charge in [-0.25, -0.2) is 0 Å². The largest absolute Gasteiger partial charge is 0.0888 e. The quantitative estimate of drug-likeness (QED) is 0.194. The molecule has 0 saturated carbocycles. The molecule has 0 saturated heterocycles. The Balaban J connectivity index is 1.29. The van der Waals surface area contributed by atoms with Gasteiger partial charge in [0.1, 0.15) is 0 Å². The van der Waals surface area contributed by atoms with E-state index in [1.54, 1.807) is 0 Å². The fourth-order valence-electron chi connectivity index (χ4n) is 8.30. The second kappa shape index (κ2) is 9.81. The number of fused-ring (bicyclic) bond motifs is 6. The van der Waals surface area contributed by atoms with Crippen LogP contribution >= 0.6 is 11.8 Å². The second-order valence-corrected chi connectivity index (χ2v) is 13.5. The van der Waals surface area contributed by atoms with Crippen LogP contribution in [-0.2, 0) is 5.41 Å². The van der Waals surface area contributed by atoms with Crippen molar-refractivity contribution in [3.05, 3.63) is 192 Å². The molecule has 1 unspecified atom stereocenters. The fraction of sp³-hybridized carbons (Fsp3) is 0.0222. The van der Waals surface area contributed by atoms with Crippen LogP contribution in [0.25, 0.3) is 54.9 Å². The van der Waals surface area contributed by atoms with E-state index in [-0.39, 0.29) is 0 Å². The minimum Gasteiger partial charge on any atom is -0.0888 e. The summed E-state index contributed by atoms with van der Waals surface area (Å²) in [6.45, 7) is 0. The van der Waals surface area contributed by atoms with E-state index >= 15 is 0 Å². The van der Waals surface area contributed by atoms with E-state index < -0.39 is 5.41 Å². The fourth-order valence-corrected chi connectivity index (χ4v) is 9.43. The van der Waals surface area contributed by atoms with Crippen LogP contribution in [0.2, 0.25) is 0 Å².